The molecule has 0 N–H and O–H groups in total. The highest BCUT2D eigenvalue weighted by Crippen LogP contribution is 2.60. The Morgan fingerprint density at radius 1 is 1.20 bits per heavy atom. The second-order valence-corrected chi connectivity index (χ2v) is 7.53. The smallest absolute Gasteiger partial charge is 0.0991 e. The summed E-state index contributed by atoms with van der Waals surface area (Å²) >= 11 is 0. The average Bonchev–Trinajstić information content (AvgIpc) is 2.88. The van der Waals surface area contributed by atoms with Gasteiger partial charge in [0.05, 0.1) is 11.6 Å². The second-order valence-electron chi connectivity index (χ2n) is 7.53. The van der Waals surface area contributed by atoms with Gasteiger partial charge in [0.2, 0.25) is 0 Å². The van der Waals surface area contributed by atoms with E-state index in [1.165, 1.54) is 50.5 Å². The molecule has 0 aliphatic heterocycles. The van der Waals surface area contributed by atoms with Crippen LogP contribution in [0.5, 0.6) is 0 Å². The molecule has 0 aromatic heterocycles. The van der Waals surface area contributed by atoms with Crippen LogP contribution in [0.15, 0.2) is 18.2 Å². The third kappa shape index (κ3) is 1.67. The number of benzene rings is 1. The predicted octanol–water partition coefficient (Wildman–Crippen LogP) is 4.80. The summed E-state index contributed by atoms with van der Waals surface area (Å²) in [4.78, 5) is 0. The quantitative estimate of drug-likeness (QED) is 0.660. The molecule has 104 valence electrons. The molecule has 2 fully saturated rings. The summed E-state index contributed by atoms with van der Waals surface area (Å²) in [6, 6.07) is 8.74. The molecule has 3 unspecified atom stereocenters. The van der Waals surface area contributed by atoms with E-state index in [0.29, 0.717) is 5.41 Å². The summed E-state index contributed by atoms with van der Waals surface area (Å²) in [5, 5.41) is 9.08. The van der Waals surface area contributed by atoms with Gasteiger partial charge >= 0.3 is 0 Å². The molecule has 4 atom stereocenters. The number of nitrogens with zero attached hydrogens (tertiary/aromatic N) is 1. The topological polar surface area (TPSA) is 23.8 Å². The molecule has 2 saturated carbocycles. The van der Waals surface area contributed by atoms with E-state index in [-0.39, 0.29) is 0 Å². The van der Waals surface area contributed by atoms with E-state index in [9.17, 15) is 0 Å². The predicted molar refractivity (Wildman–Crippen MR) is 80.4 cm³/mol. The third-order valence-corrected chi connectivity index (χ3v) is 6.64. The van der Waals surface area contributed by atoms with Gasteiger partial charge in [-0.1, -0.05) is 19.4 Å². The number of aryl methyl sites for hydroxylation is 1. The van der Waals surface area contributed by atoms with Gasteiger partial charge < -0.3 is 0 Å². The fourth-order valence-electron chi connectivity index (χ4n) is 5.64. The number of rotatable bonds is 0. The molecule has 0 bridgehead atoms. The van der Waals surface area contributed by atoms with Gasteiger partial charge in [0, 0.05) is 0 Å². The van der Waals surface area contributed by atoms with Gasteiger partial charge in [0.1, 0.15) is 0 Å². The van der Waals surface area contributed by atoms with E-state index in [1.54, 1.807) is 5.56 Å². The zero-order valence-corrected chi connectivity index (χ0v) is 12.4. The molecule has 0 spiro atoms. The summed E-state index contributed by atoms with van der Waals surface area (Å²) in [5.41, 5.74) is 4.52. The van der Waals surface area contributed by atoms with Crippen LogP contribution in [0.1, 0.15) is 68.1 Å². The SMILES string of the molecule is C[C@@]12CCCC1C1CCc3cc(C#N)ccc3C1CC2. The maximum Gasteiger partial charge on any atom is 0.0991 e. The Kier molecular flexibility index (Phi) is 2.71. The molecule has 3 aliphatic rings. The van der Waals surface area contributed by atoms with E-state index < -0.39 is 0 Å². The zero-order chi connectivity index (χ0) is 13.7. The Morgan fingerprint density at radius 3 is 2.95 bits per heavy atom. The Bertz CT molecular complexity index is 582. The minimum absolute atomic E-state index is 0.644. The maximum atomic E-state index is 9.08. The maximum absolute atomic E-state index is 9.08. The summed E-state index contributed by atoms with van der Waals surface area (Å²) in [6.45, 7) is 2.55. The van der Waals surface area contributed by atoms with Crippen LogP contribution in [0.3, 0.4) is 0 Å². The molecule has 1 heteroatoms. The highest BCUT2D eigenvalue weighted by molar-refractivity contribution is 5.42. The van der Waals surface area contributed by atoms with E-state index in [1.807, 2.05) is 6.07 Å². The van der Waals surface area contributed by atoms with Crippen LogP contribution in [0.25, 0.3) is 0 Å². The molecule has 20 heavy (non-hydrogen) atoms. The molecule has 3 aliphatic carbocycles. The number of fused-ring (bicyclic) bond motifs is 5. The van der Waals surface area contributed by atoms with Crippen LogP contribution >= 0.6 is 0 Å². The van der Waals surface area contributed by atoms with E-state index in [2.05, 4.69) is 25.1 Å². The molecule has 1 nitrogen and oxygen atoms in total. The summed E-state index contributed by atoms with van der Waals surface area (Å²) in [6.07, 6.45) is 9.70. The van der Waals surface area contributed by atoms with Gasteiger partial charge in [-0.3, -0.25) is 0 Å². The van der Waals surface area contributed by atoms with Crippen molar-refractivity contribution in [3.63, 3.8) is 0 Å². The lowest BCUT2D eigenvalue weighted by Crippen LogP contribution is -2.39. The normalized spacial score (nSPS) is 38.5. The molecule has 0 saturated heterocycles. The molecule has 0 amide bonds. The van der Waals surface area contributed by atoms with Gasteiger partial charge in [0.15, 0.2) is 0 Å². The Labute approximate surface area is 122 Å². The van der Waals surface area contributed by atoms with Crippen molar-refractivity contribution in [1.82, 2.24) is 0 Å². The van der Waals surface area contributed by atoms with Crippen LogP contribution in [0.2, 0.25) is 0 Å². The lowest BCUT2D eigenvalue weighted by atomic mass is 9.56. The second kappa shape index (κ2) is 4.35. The van der Waals surface area contributed by atoms with Crippen molar-refractivity contribution in [3.05, 3.63) is 34.9 Å². The summed E-state index contributed by atoms with van der Waals surface area (Å²) in [7, 11) is 0. The van der Waals surface area contributed by atoms with Crippen LogP contribution in [0, 0.1) is 28.6 Å². The molecule has 0 radical (unpaired) electrons. The van der Waals surface area contributed by atoms with Gasteiger partial charge in [-0.25, -0.2) is 0 Å². The fourth-order valence-corrected chi connectivity index (χ4v) is 5.64. The van der Waals surface area contributed by atoms with Gasteiger partial charge in [-0.05, 0) is 85.0 Å². The first-order chi connectivity index (χ1) is 9.71. The average molecular weight is 265 g/mol. The van der Waals surface area contributed by atoms with Crippen LogP contribution in [-0.4, -0.2) is 0 Å². The van der Waals surface area contributed by atoms with E-state index >= 15 is 0 Å². The Morgan fingerprint density at radius 2 is 2.10 bits per heavy atom. The lowest BCUT2D eigenvalue weighted by molar-refractivity contribution is 0.0598. The number of hydrogen-bond donors (Lipinski definition) is 0. The third-order valence-electron chi connectivity index (χ3n) is 6.64. The molecule has 1 aromatic rings. The van der Waals surface area contributed by atoms with Gasteiger partial charge in [-0.2, -0.15) is 5.26 Å². The molecule has 0 heterocycles. The molecule has 1 aromatic carbocycles. The molecular weight excluding hydrogens is 242 g/mol. The number of nitriles is 1. The first-order valence-electron chi connectivity index (χ1n) is 8.24. The van der Waals surface area contributed by atoms with Crippen LogP contribution < -0.4 is 0 Å². The first kappa shape index (κ1) is 12.5. The monoisotopic (exact) mass is 265 g/mol. The summed E-state index contributed by atoms with van der Waals surface area (Å²) < 4.78 is 0. The van der Waals surface area contributed by atoms with Crippen LogP contribution in [0.4, 0.5) is 0 Å². The highest BCUT2D eigenvalue weighted by Gasteiger charge is 2.50. The minimum Gasteiger partial charge on any atom is -0.192 e. The molecular formula is C19H23N. The van der Waals surface area contributed by atoms with E-state index in [0.717, 1.165) is 23.3 Å². The van der Waals surface area contributed by atoms with Crippen molar-refractivity contribution in [2.75, 3.05) is 0 Å². The van der Waals surface area contributed by atoms with Gasteiger partial charge in [0.25, 0.3) is 0 Å². The number of hydrogen-bond acceptors (Lipinski definition) is 1. The minimum atomic E-state index is 0.644. The van der Waals surface area contributed by atoms with Crippen molar-refractivity contribution >= 4 is 0 Å². The Hall–Kier alpha value is -1.29. The zero-order valence-electron chi connectivity index (χ0n) is 12.4. The lowest BCUT2D eigenvalue weighted by Gasteiger charge is -2.49. The Balaban J connectivity index is 1.71. The summed E-state index contributed by atoms with van der Waals surface area (Å²) in [5.74, 6) is 2.66. The molecule has 4 rings (SSSR count). The first-order valence-corrected chi connectivity index (χ1v) is 8.24. The van der Waals surface area contributed by atoms with Crippen molar-refractivity contribution < 1.29 is 0 Å². The standard InChI is InChI=1S/C19H23N/c1-19-9-2-3-18(19)17-7-5-14-11-13(12-20)4-6-15(14)16(17)8-10-19/h4,6,11,16-18H,2-3,5,7-10H2,1H3/t16?,17?,18?,19-/m0/s1. The van der Waals surface area contributed by atoms with Crippen molar-refractivity contribution in [3.8, 4) is 6.07 Å². The van der Waals surface area contributed by atoms with Crippen molar-refractivity contribution in [1.29, 1.82) is 5.26 Å². The van der Waals surface area contributed by atoms with Crippen molar-refractivity contribution in [2.24, 2.45) is 17.3 Å². The van der Waals surface area contributed by atoms with Gasteiger partial charge in [-0.15, -0.1) is 0 Å². The largest absolute Gasteiger partial charge is 0.192 e. The van der Waals surface area contributed by atoms with Crippen molar-refractivity contribution in [2.45, 2.75) is 57.8 Å². The van der Waals surface area contributed by atoms with E-state index in [4.69, 9.17) is 5.26 Å². The fraction of sp³-hybridized carbons (Fsp3) is 0.632. The van der Waals surface area contributed by atoms with Crippen LogP contribution in [-0.2, 0) is 6.42 Å². The highest BCUT2D eigenvalue weighted by atomic mass is 14.5.